The number of benzene rings is 1. The minimum Gasteiger partial charge on any atom is -0.306 e. The maximum Gasteiger partial charge on any atom is 0.0843 e. The van der Waals surface area contributed by atoms with E-state index in [1.807, 2.05) is 12.1 Å². The number of hydrogen-bond donors (Lipinski definition) is 1. The van der Waals surface area contributed by atoms with Crippen LogP contribution in [0.1, 0.15) is 35.4 Å². The van der Waals surface area contributed by atoms with Crippen LogP contribution in [0.25, 0.3) is 0 Å². The molecule has 0 fully saturated rings. The predicted octanol–water partition coefficient (Wildman–Crippen LogP) is 6.32. The van der Waals surface area contributed by atoms with Gasteiger partial charge in [-0.15, -0.1) is 11.3 Å². The second kappa shape index (κ2) is 7.41. The normalized spacial score (nSPS) is 12.7. The molecular formula is C15H16Br2ClNS. The van der Waals surface area contributed by atoms with Crippen molar-refractivity contribution in [1.82, 2.24) is 5.32 Å². The van der Waals surface area contributed by atoms with Gasteiger partial charge in [-0.1, -0.05) is 24.6 Å². The van der Waals surface area contributed by atoms with E-state index in [9.17, 15) is 0 Å². The third kappa shape index (κ3) is 3.86. The molecule has 108 valence electrons. The maximum atomic E-state index is 6.07. The summed E-state index contributed by atoms with van der Waals surface area (Å²) in [6.45, 7) is 5.28. The third-order valence-corrected chi connectivity index (χ3v) is 6.65. The van der Waals surface area contributed by atoms with Crippen molar-refractivity contribution in [2.75, 3.05) is 6.54 Å². The first kappa shape index (κ1) is 16.5. The predicted molar refractivity (Wildman–Crippen MR) is 96.0 cm³/mol. The smallest absolute Gasteiger partial charge is 0.0843 e. The lowest BCUT2D eigenvalue weighted by Crippen LogP contribution is -2.23. The van der Waals surface area contributed by atoms with E-state index in [1.165, 1.54) is 16.0 Å². The minimum absolute atomic E-state index is 0.208. The molecule has 0 bridgehead atoms. The van der Waals surface area contributed by atoms with Gasteiger partial charge < -0.3 is 5.32 Å². The molecule has 0 radical (unpaired) electrons. The molecule has 1 unspecified atom stereocenters. The highest BCUT2D eigenvalue weighted by atomic mass is 79.9. The van der Waals surface area contributed by atoms with Crippen molar-refractivity contribution in [2.24, 2.45) is 0 Å². The van der Waals surface area contributed by atoms with Gasteiger partial charge in [-0.25, -0.2) is 0 Å². The molecule has 1 heterocycles. The summed E-state index contributed by atoms with van der Waals surface area (Å²) in [5.41, 5.74) is 2.50. The monoisotopic (exact) mass is 435 g/mol. The molecule has 2 aromatic rings. The van der Waals surface area contributed by atoms with Crippen molar-refractivity contribution in [3.8, 4) is 0 Å². The van der Waals surface area contributed by atoms with E-state index in [-0.39, 0.29) is 6.04 Å². The Hall–Kier alpha value is 0.130. The zero-order chi connectivity index (χ0) is 14.7. The molecule has 20 heavy (non-hydrogen) atoms. The highest BCUT2D eigenvalue weighted by molar-refractivity contribution is 9.13. The summed E-state index contributed by atoms with van der Waals surface area (Å²) in [7, 11) is 0. The number of aryl methyl sites for hydroxylation is 1. The molecule has 0 saturated heterocycles. The molecule has 0 saturated carbocycles. The zero-order valence-electron chi connectivity index (χ0n) is 11.3. The van der Waals surface area contributed by atoms with Crippen molar-refractivity contribution < 1.29 is 0 Å². The molecule has 0 aliphatic carbocycles. The second-order valence-corrected chi connectivity index (χ2v) is 8.35. The van der Waals surface area contributed by atoms with Crippen LogP contribution in [0.3, 0.4) is 0 Å². The summed E-state index contributed by atoms with van der Waals surface area (Å²) in [6, 6.07) is 8.49. The van der Waals surface area contributed by atoms with Gasteiger partial charge in [-0.05, 0) is 81.1 Å². The van der Waals surface area contributed by atoms with Crippen molar-refractivity contribution in [3.63, 3.8) is 0 Å². The van der Waals surface area contributed by atoms with Crippen molar-refractivity contribution >= 4 is 54.8 Å². The topological polar surface area (TPSA) is 12.0 Å². The van der Waals surface area contributed by atoms with Gasteiger partial charge in [-0.2, -0.15) is 0 Å². The Morgan fingerprint density at radius 3 is 2.60 bits per heavy atom. The Bertz CT molecular complexity index is 578. The van der Waals surface area contributed by atoms with E-state index in [2.05, 4.69) is 63.2 Å². The number of thiophene rings is 1. The summed E-state index contributed by atoms with van der Waals surface area (Å²) < 4.78 is 2.23. The maximum absolute atomic E-state index is 6.07. The number of nitrogens with one attached hydrogen (secondary N) is 1. The number of rotatable bonds is 5. The Balaban J connectivity index is 2.41. The first-order valence-electron chi connectivity index (χ1n) is 6.47. The summed E-state index contributed by atoms with van der Waals surface area (Å²) in [6.07, 6.45) is 1.11. The lowest BCUT2D eigenvalue weighted by molar-refractivity contribution is 0.603. The Morgan fingerprint density at radius 1 is 1.30 bits per heavy atom. The van der Waals surface area contributed by atoms with Gasteiger partial charge in [0, 0.05) is 14.4 Å². The first-order chi connectivity index (χ1) is 9.52. The molecule has 2 rings (SSSR count). The number of hydrogen-bond acceptors (Lipinski definition) is 2. The second-order valence-electron chi connectivity index (χ2n) is 4.66. The minimum atomic E-state index is 0.208. The highest BCUT2D eigenvalue weighted by Crippen LogP contribution is 2.38. The quantitative estimate of drug-likeness (QED) is 0.577. The molecule has 1 aromatic carbocycles. The van der Waals surface area contributed by atoms with Gasteiger partial charge in [0.1, 0.15) is 0 Å². The fourth-order valence-electron chi connectivity index (χ4n) is 2.12. The van der Waals surface area contributed by atoms with E-state index < -0.39 is 0 Å². The fraction of sp³-hybridized carbons (Fsp3) is 0.333. The van der Waals surface area contributed by atoms with Crippen LogP contribution < -0.4 is 5.32 Å². The lowest BCUT2D eigenvalue weighted by atomic mass is 10.00. The number of halogens is 3. The van der Waals surface area contributed by atoms with E-state index in [0.29, 0.717) is 0 Å². The van der Waals surface area contributed by atoms with Crippen LogP contribution in [0.2, 0.25) is 5.02 Å². The summed E-state index contributed by atoms with van der Waals surface area (Å²) in [5, 5.41) is 4.41. The van der Waals surface area contributed by atoms with Gasteiger partial charge in [0.25, 0.3) is 0 Å². The molecule has 0 aliphatic heterocycles. The molecule has 0 aliphatic rings. The summed E-state index contributed by atoms with van der Waals surface area (Å²) >= 11 is 15.0. The third-order valence-electron chi connectivity index (χ3n) is 3.09. The van der Waals surface area contributed by atoms with Gasteiger partial charge >= 0.3 is 0 Å². The molecular weight excluding hydrogens is 422 g/mol. The van der Waals surface area contributed by atoms with E-state index >= 15 is 0 Å². The SMILES string of the molecule is CCCNC(c1cc(Br)c(Br)s1)c1ccc(Cl)cc1C. The molecule has 1 atom stereocenters. The molecule has 1 aromatic heterocycles. The van der Waals surface area contributed by atoms with E-state index in [0.717, 1.165) is 26.2 Å². The highest BCUT2D eigenvalue weighted by Gasteiger charge is 2.19. The van der Waals surface area contributed by atoms with Crippen LogP contribution in [0.4, 0.5) is 0 Å². The summed E-state index contributed by atoms with van der Waals surface area (Å²) in [4.78, 5) is 1.29. The van der Waals surface area contributed by atoms with Gasteiger partial charge in [0.2, 0.25) is 0 Å². The van der Waals surface area contributed by atoms with E-state index in [4.69, 9.17) is 11.6 Å². The molecule has 1 nitrogen and oxygen atoms in total. The Morgan fingerprint density at radius 2 is 2.05 bits per heavy atom. The Labute approximate surface area is 146 Å². The molecule has 1 N–H and O–H groups in total. The first-order valence-corrected chi connectivity index (χ1v) is 9.25. The van der Waals surface area contributed by atoms with Crippen LogP contribution in [-0.4, -0.2) is 6.54 Å². The molecule has 0 amide bonds. The summed E-state index contributed by atoms with van der Waals surface area (Å²) in [5.74, 6) is 0. The molecule has 0 spiro atoms. The van der Waals surface area contributed by atoms with Crippen molar-refractivity contribution in [3.05, 3.63) is 53.6 Å². The standard InChI is InChI=1S/C15H16Br2ClNS/c1-3-6-19-14(13-8-12(16)15(17)20-13)11-5-4-10(18)7-9(11)2/h4-5,7-8,14,19H,3,6H2,1-2H3. The van der Waals surface area contributed by atoms with Gasteiger partial charge in [0.05, 0.1) is 9.83 Å². The zero-order valence-corrected chi connectivity index (χ0v) is 16.1. The van der Waals surface area contributed by atoms with Crippen molar-refractivity contribution in [2.45, 2.75) is 26.3 Å². The van der Waals surface area contributed by atoms with Crippen LogP contribution in [-0.2, 0) is 0 Å². The lowest BCUT2D eigenvalue weighted by Gasteiger charge is -2.20. The van der Waals surface area contributed by atoms with Gasteiger partial charge in [0.15, 0.2) is 0 Å². The Kier molecular flexibility index (Phi) is 6.11. The van der Waals surface area contributed by atoms with E-state index in [1.54, 1.807) is 11.3 Å². The largest absolute Gasteiger partial charge is 0.306 e. The van der Waals surface area contributed by atoms with Crippen LogP contribution >= 0.6 is 54.8 Å². The van der Waals surface area contributed by atoms with Crippen molar-refractivity contribution in [1.29, 1.82) is 0 Å². The van der Waals surface area contributed by atoms with Crippen LogP contribution in [0.15, 0.2) is 32.5 Å². The molecule has 5 heteroatoms. The van der Waals surface area contributed by atoms with Crippen LogP contribution in [0.5, 0.6) is 0 Å². The fourth-order valence-corrected chi connectivity index (χ4v) is 4.53. The average Bonchev–Trinajstić information content (AvgIpc) is 2.72. The van der Waals surface area contributed by atoms with Gasteiger partial charge in [-0.3, -0.25) is 0 Å². The average molecular weight is 438 g/mol. The van der Waals surface area contributed by atoms with Crippen LogP contribution in [0, 0.1) is 6.92 Å².